The first-order valence-corrected chi connectivity index (χ1v) is 9.29. The predicted octanol–water partition coefficient (Wildman–Crippen LogP) is 3.63. The molecule has 1 unspecified atom stereocenters. The maximum atomic E-state index is 9.63. The third kappa shape index (κ3) is 4.28. The smallest absolute Gasteiger partial charge is 0.227 e. The van der Waals surface area contributed by atoms with E-state index in [-0.39, 0.29) is 24.6 Å². The summed E-state index contributed by atoms with van der Waals surface area (Å²) >= 11 is 6.08. The molecule has 8 nitrogen and oxygen atoms in total. The zero-order valence-corrected chi connectivity index (χ0v) is 16.6. The summed E-state index contributed by atoms with van der Waals surface area (Å²) in [5.74, 6) is 1.15. The lowest BCUT2D eigenvalue weighted by molar-refractivity contribution is 0.248. The number of benzene rings is 1. The first-order valence-electron chi connectivity index (χ1n) is 8.92. The van der Waals surface area contributed by atoms with E-state index < -0.39 is 0 Å². The number of rotatable bonds is 7. The van der Waals surface area contributed by atoms with Crippen LogP contribution in [0.5, 0.6) is 0 Å². The zero-order valence-electron chi connectivity index (χ0n) is 15.8. The van der Waals surface area contributed by atoms with Gasteiger partial charge in [-0.25, -0.2) is 4.68 Å². The van der Waals surface area contributed by atoms with Crippen molar-refractivity contribution >= 4 is 40.2 Å². The number of anilines is 3. The van der Waals surface area contributed by atoms with E-state index in [1.165, 1.54) is 0 Å². The molecule has 9 heteroatoms. The van der Waals surface area contributed by atoms with Gasteiger partial charge < -0.3 is 15.7 Å². The van der Waals surface area contributed by atoms with Gasteiger partial charge in [-0.15, -0.1) is 5.10 Å². The molecule has 27 heavy (non-hydrogen) atoms. The molecule has 1 atom stereocenters. The van der Waals surface area contributed by atoms with E-state index in [0.717, 1.165) is 5.69 Å². The lowest BCUT2D eigenvalue weighted by Crippen LogP contribution is -2.30. The minimum absolute atomic E-state index is 0.0161. The van der Waals surface area contributed by atoms with Crippen molar-refractivity contribution in [1.29, 1.82) is 0 Å². The maximum absolute atomic E-state index is 9.63. The fourth-order valence-electron chi connectivity index (χ4n) is 2.62. The Kier molecular flexibility index (Phi) is 5.76. The van der Waals surface area contributed by atoms with Crippen molar-refractivity contribution in [1.82, 2.24) is 25.0 Å². The molecule has 0 saturated carbocycles. The van der Waals surface area contributed by atoms with Crippen molar-refractivity contribution in [3.63, 3.8) is 0 Å². The Hall–Kier alpha value is -2.45. The third-order valence-corrected chi connectivity index (χ3v) is 4.45. The highest BCUT2D eigenvalue weighted by Crippen LogP contribution is 2.26. The number of halogens is 1. The number of hydrogen-bond donors (Lipinski definition) is 3. The van der Waals surface area contributed by atoms with Gasteiger partial charge in [0.15, 0.2) is 17.0 Å². The average Bonchev–Trinajstić information content (AvgIpc) is 3.04. The van der Waals surface area contributed by atoms with Gasteiger partial charge in [-0.05, 0) is 38.0 Å². The number of nitrogens with zero attached hydrogens (tertiary/aromatic N) is 5. The highest BCUT2D eigenvalue weighted by Gasteiger charge is 2.19. The molecular weight excluding hydrogens is 366 g/mol. The largest absolute Gasteiger partial charge is 0.394 e. The second-order valence-electron chi connectivity index (χ2n) is 7.01. The molecule has 144 valence electrons. The van der Waals surface area contributed by atoms with E-state index in [4.69, 9.17) is 11.6 Å². The van der Waals surface area contributed by atoms with Crippen molar-refractivity contribution in [2.45, 2.75) is 39.8 Å². The summed E-state index contributed by atoms with van der Waals surface area (Å²) in [4.78, 5) is 9.15. The van der Waals surface area contributed by atoms with E-state index in [1.54, 1.807) is 16.8 Å². The van der Waals surface area contributed by atoms with Crippen LogP contribution in [-0.4, -0.2) is 42.7 Å². The third-order valence-electron chi connectivity index (χ3n) is 4.22. The van der Waals surface area contributed by atoms with Crippen LogP contribution in [0.15, 0.2) is 24.3 Å². The van der Waals surface area contributed by atoms with Crippen LogP contribution >= 0.6 is 11.6 Å². The molecule has 0 fully saturated rings. The SMILES string of the molecule is CC(C)C(CO)Nc1nc(Nc2cccc(Cl)c2)c2nnn(C(C)C)c2n1. The number of aromatic nitrogens is 5. The van der Waals surface area contributed by atoms with Crippen LogP contribution in [0.25, 0.3) is 11.2 Å². The summed E-state index contributed by atoms with van der Waals surface area (Å²) in [5.41, 5.74) is 1.97. The standard InChI is InChI=1S/C18H24ClN7O/c1-10(2)14(9-27)21-18-22-16(20-13-7-5-6-12(19)8-13)15-17(23-18)26(11(3)4)25-24-15/h5-8,10-11,14,27H,9H2,1-4H3,(H2,20,21,22,23). The Balaban J connectivity index is 2.07. The van der Waals surface area contributed by atoms with E-state index in [9.17, 15) is 5.11 Å². The van der Waals surface area contributed by atoms with Gasteiger partial charge in [0, 0.05) is 10.7 Å². The Morgan fingerprint density at radius 2 is 1.96 bits per heavy atom. The van der Waals surface area contributed by atoms with E-state index >= 15 is 0 Å². The minimum Gasteiger partial charge on any atom is -0.394 e. The first kappa shape index (κ1) is 19.3. The van der Waals surface area contributed by atoms with Crippen LogP contribution in [0.4, 0.5) is 17.5 Å². The number of fused-ring (bicyclic) bond motifs is 1. The summed E-state index contributed by atoms with van der Waals surface area (Å²) in [5, 5.41) is 25.2. The Morgan fingerprint density at radius 1 is 1.19 bits per heavy atom. The summed E-state index contributed by atoms with van der Waals surface area (Å²) in [7, 11) is 0. The van der Waals surface area contributed by atoms with Gasteiger partial charge in [0.1, 0.15) is 0 Å². The maximum Gasteiger partial charge on any atom is 0.227 e. The minimum atomic E-state index is -0.162. The summed E-state index contributed by atoms with van der Waals surface area (Å²) < 4.78 is 1.74. The van der Waals surface area contributed by atoms with Crippen LogP contribution in [0.1, 0.15) is 33.7 Å². The molecule has 0 aliphatic carbocycles. The monoisotopic (exact) mass is 389 g/mol. The predicted molar refractivity (Wildman–Crippen MR) is 108 cm³/mol. The summed E-state index contributed by atoms with van der Waals surface area (Å²) in [6.07, 6.45) is 0. The van der Waals surface area contributed by atoms with Crippen LogP contribution in [0, 0.1) is 5.92 Å². The highest BCUT2D eigenvalue weighted by molar-refractivity contribution is 6.30. The molecule has 0 bridgehead atoms. The summed E-state index contributed by atoms with van der Waals surface area (Å²) in [6.45, 7) is 8.06. The van der Waals surface area contributed by atoms with Gasteiger partial charge in [-0.3, -0.25) is 0 Å². The molecule has 3 rings (SSSR count). The van der Waals surface area contributed by atoms with E-state index in [1.807, 2.05) is 39.8 Å². The van der Waals surface area contributed by atoms with E-state index in [2.05, 4.69) is 30.9 Å². The van der Waals surface area contributed by atoms with Gasteiger partial charge >= 0.3 is 0 Å². The van der Waals surface area contributed by atoms with Gasteiger partial charge in [0.25, 0.3) is 0 Å². The summed E-state index contributed by atoms with van der Waals surface area (Å²) in [6, 6.07) is 7.29. The highest BCUT2D eigenvalue weighted by atomic mass is 35.5. The quantitative estimate of drug-likeness (QED) is 0.567. The molecule has 0 saturated heterocycles. The second kappa shape index (κ2) is 8.06. The molecule has 0 aliphatic heterocycles. The Bertz CT molecular complexity index is 925. The van der Waals surface area contributed by atoms with Gasteiger partial charge in [-0.2, -0.15) is 9.97 Å². The number of hydrogen-bond acceptors (Lipinski definition) is 7. The van der Waals surface area contributed by atoms with Crippen molar-refractivity contribution in [3.8, 4) is 0 Å². The number of nitrogens with one attached hydrogen (secondary N) is 2. The van der Waals surface area contributed by atoms with Crippen molar-refractivity contribution < 1.29 is 5.11 Å². The van der Waals surface area contributed by atoms with Crippen molar-refractivity contribution in [3.05, 3.63) is 29.3 Å². The number of aliphatic hydroxyl groups excluding tert-OH is 1. The van der Waals surface area contributed by atoms with Crippen LogP contribution < -0.4 is 10.6 Å². The zero-order chi connectivity index (χ0) is 19.6. The molecule has 0 radical (unpaired) electrons. The second-order valence-corrected chi connectivity index (χ2v) is 7.44. The topological polar surface area (TPSA) is 101 Å². The molecule has 0 aliphatic rings. The first-order chi connectivity index (χ1) is 12.9. The molecule has 3 N–H and O–H groups in total. The Morgan fingerprint density at radius 3 is 2.59 bits per heavy atom. The van der Waals surface area contributed by atoms with Crippen molar-refractivity contribution in [2.75, 3.05) is 17.2 Å². The van der Waals surface area contributed by atoms with Crippen molar-refractivity contribution in [2.24, 2.45) is 5.92 Å². The molecule has 1 aromatic carbocycles. The lowest BCUT2D eigenvalue weighted by atomic mass is 10.1. The van der Waals surface area contributed by atoms with Gasteiger partial charge in [0.05, 0.1) is 18.7 Å². The fourth-order valence-corrected chi connectivity index (χ4v) is 2.81. The van der Waals surface area contributed by atoms with Crippen LogP contribution in [0.2, 0.25) is 5.02 Å². The lowest BCUT2D eigenvalue weighted by Gasteiger charge is -2.20. The normalized spacial score (nSPS) is 12.7. The van der Waals surface area contributed by atoms with Crippen LogP contribution in [0.3, 0.4) is 0 Å². The average molecular weight is 390 g/mol. The molecule has 0 amide bonds. The number of aliphatic hydroxyl groups is 1. The van der Waals surface area contributed by atoms with Gasteiger partial charge in [0.2, 0.25) is 5.95 Å². The van der Waals surface area contributed by atoms with E-state index in [0.29, 0.717) is 28.0 Å². The molecular formula is C18H24ClN7O. The molecule has 2 heterocycles. The molecule has 3 aromatic rings. The van der Waals surface area contributed by atoms with Gasteiger partial charge in [-0.1, -0.05) is 36.7 Å². The Labute approximate surface area is 163 Å². The fraction of sp³-hybridized carbons (Fsp3) is 0.444. The molecule has 0 spiro atoms. The van der Waals surface area contributed by atoms with Crippen LogP contribution in [-0.2, 0) is 0 Å². The molecule has 2 aromatic heterocycles.